The van der Waals surface area contributed by atoms with E-state index in [-0.39, 0.29) is 10.8 Å². The summed E-state index contributed by atoms with van der Waals surface area (Å²) in [6.07, 6.45) is 0. The highest BCUT2D eigenvalue weighted by molar-refractivity contribution is 9.11. The molecular formula is C12H18Br2N2O2S. The van der Waals surface area contributed by atoms with Crippen molar-refractivity contribution in [1.82, 2.24) is 4.31 Å². The maximum atomic E-state index is 12.7. The second kappa shape index (κ2) is 6.56. The Morgan fingerprint density at radius 3 is 2.11 bits per heavy atom. The number of rotatable bonds is 5. The Labute approximate surface area is 131 Å². The Balaban J connectivity index is 3.34. The summed E-state index contributed by atoms with van der Waals surface area (Å²) in [5, 5.41) is 0. The van der Waals surface area contributed by atoms with Crippen molar-refractivity contribution in [3.8, 4) is 0 Å². The predicted octanol–water partition coefficient (Wildman–Crippen LogP) is 3.46. The van der Waals surface area contributed by atoms with Gasteiger partial charge in [-0.05, 0) is 49.9 Å². The Morgan fingerprint density at radius 2 is 1.74 bits per heavy atom. The lowest BCUT2D eigenvalue weighted by atomic mass is 10.2. The molecule has 0 saturated carbocycles. The lowest BCUT2D eigenvalue weighted by Crippen LogP contribution is -2.34. The third-order valence-corrected chi connectivity index (χ3v) is 6.36. The van der Waals surface area contributed by atoms with Gasteiger partial charge in [0.25, 0.3) is 0 Å². The van der Waals surface area contributed by atoms with Crippen molar-refractivity contribution in [2.45, 2.75) is 25.7 Å². The summed E-state index contributed by atoms with van der Waals surface area (Å²) in [6.45, 7) is 6.74. The zero-order valence-corrected chi connectivity index (χ0v) is 15.1. The average molecular weight is 414 g/mol. The summed E-state index contributed by atoms with van der Waals surface area (Å²) in [6, 6.07) is 3.20. The highest BCUT2D eigenvalue weighted by Crippen LogP contribution is 2.34. The van der Waals surface area contributed by atoms with Crippen LogP contribution in [0.3, 0.4) is 0 Å². The maximum absolute atomic E-state index is 12.7. The summed E-state index contributed by atoms with van der Waals surface area (Å²) in [4.78, 5) is 0.226. The largest absolute Gasteiger partial charge is 0.399 e. The Kier molecular flexibility index (Phi) is 5.85. The van der Waals surface area contributed by atoms with Gasteiger partial charge in [-0.3, -0.25) is 0 Å². The van der Waals surface area contributed by atoms with E-state index in [0.29, 0.717) is 27.7 Å². The molecule has 4 nitrogen and oxygen atoms in total. The highest BCUT2D eigenvalue weighted by atomic mass is 79.9. The molecular weight excluding hydrogens is 396 g/mol. The molecule has 0 unspecified atom stereocenters. The van der Waals surface area contributed by atoms with Gasteiger partial charge in [0.2, 0.25) is 10.0 Å². The van der Waals surface area contributed by atoms with Gasteiger partial charge in [-0.25, -0.2) is 8.42 Å². The lowest BCUT2D eigenvalue weighted by molar-refractivity contribution is 0.380. The van der Waals surface area contributed by atoms with Crippen LogP contribution in [-0.2, 0) is 10.0 Å². The van der Waals surface area contributed by atoms with E-state index in [4.69, 9.17) is 5.73 Å². The minimum absolute atomic E-state index is 0.226. The van der Waals surface area contributed by atoms with Crippen LogP contribution in [0.25, 0.3) is 0 Å². The number of nitrogen functional groups attached to an aromatic ring is 1. The van der Waals surface area contributed by atoms with Crippen LogP contribution < -0.4 is 5.73 Å². The fourth-order valence-corrected chi connectivity index (χ4v) is 5.91. The second-order valence-corrected chi connectivity index (χ2v) is 8.25. The topological polar surface area (TPSA) is 63.4 Å². The fourth-order valence-electron chi connectivity index (χ4n) is 1.76. The van der Waals surface area contributed by atoms with Crippen molar-refractivity contribution in [3.05, 3.63) is 21.1 Å². The van der Waals surface area contributed by atoms with Crippen LogP contribution >= 0.6 is 31.9 Å². The Morgan fingerprint density at radius 1 is 1.26 bits per heavy atom. The zero-order valence-electron chi connectivity index (χ0n) is 11.2. The van der Waals surface area contributed by atoms with Gasteiger partial charge in [0.05, 0.1) is 0 Å². The van der Waals surface area contributed by atoms with Gasteiger partial charge in [0.15, 0.2) is 0 Å². The van der Waals surface area contributed by atoms with Crippen molar-refractivity contribution in [2.75, 3.05) is 18.8 Å². The molecule has 1 rings (SSSR count). The molecule has 108 valence electrons. The van der Waals surface area contributed by atoms with E-state index in [0.717, 1.165) is 0 Å². The molecule has 0 bridgehead atoms. The van der Waals surface area contributed by atoms with E-state index in [2.05, 4.69) is 31.9 Å². The van der Waals surface area contributed by atoms with Gasteiger partial charge in [-0.2, -0.15) is 4.31 Å². The van der Waals surface area contributed by atoms with Crippen LogP contribution in [0.15, 0.2) is 26.0 Å². The number of halogens is 2. The van der Waals surface area contributed by atoms with Gasteiger partial charge in [0.1, 0.15) is 4.90 Å². The fraction of sp³-hybridized carbons (Fsp3) is 0.500. The van der Waals surface area contributed by atoms with Gasteiger partial charge < -0.3 is 5.73 Å². The average Bonchev–Trinajstić information content (AvgIpc) is 2.23. The summed E-state index contributed by atoms with van der Waals surface area (Å²) in [5.74, 6) is 0.265. The van der Waals surface area contributed by atoms with Crippen LogP contribution in [0.4, 0.5) is 5.69 Å². The molecule has 19 heavy (non-hydrogen) atoms. The van der Waals surface area contributed by atoms with Crippen LogP contribution in [-0.4, -0.2) is 25.8 Å². The minimum Gasteiger partial charge on any atom is -0.399 e. The van der Waals surface area contributed by atoms with E-state index in [1.165, 1.54) is 4.31 Å². The number of anilines is 1. The van der Waals surface area contributed by atoms with Crippen molar-refractivity contribution >= 4 is 47.6 Å². The summed E-state index contributed by atoms with van der Waals surface area (Å²) >= 11 is 6.56. The number of hydrogen-bond donors (Lipinski definition) is 1. The number of benzene rings is 1. The first-order chi connectivity index (χ1) is 8.70. The quantitative estimate of drug-likeness (QED) is 0.751. The molecule has 0 fully saturated rings. The number of sulfonamides is 1. The van der Waals surface area contributed by atoms with Gasteiger partial charge in [-0.15, -0.1) is 0 Å². The lowest BCUT2D eigenvalue weighted by Gasteiger charge is -2.23. The van der Waals surface area contributed by atoms with Gasteiger partial charge >= 0.3 is 0 Å². The maximum Gasteiger partial charge on any atom is 0.245 e. The molecule has 0 radical (unpaired) electrons. The van der Waals surface area contributed by atoms with Crippen LogP contribution in [0.2, 0.25) is 0 Å². The summed E-state index contributed by atoms with van der Waals surface area (Å²) < 4.78 is 27.8. The van der Waals surface area contributed by atoms with Crippen molar-refractivity contribution in [2.24, 2.45) is 5.92 Å². The van der Waals surface area contributed by atoms with Gasteiger partial charge in [0, 0.05) is 27.7 Å². The summed E-state index contributed by atoms with van der Waals surface area (Å²) in [7, 11) is -3.54. The molecule has 0 amide bonds. The predicted molar refractivity (Wildman–Crippen MR) is 85.5 cm³/mol. The van der Waals surface area contributed by atoms with Gasteiger partial charge in [-0.1, -0.05) is 20.8 Å². The smallest absolute Gasteiger partial charge is 0.245 e. The molecule has 0 saturated heterocycles. The van der Waals surface area contributed by atoms with Crippen molar-refractivity contribution in [1.29, 1.82) is 0 Å². The highest BCUT2D eigenvalue weighted by Gasteiger charge is 2.28. The molecule has 0 spiro atoms. The standard InChI is InChI=1S/C12H18Br2N2O2S/c1-4-16(7-8(2)3)19(17,18)12-10(13)5-9(15)6-11(12)14/h5-6,8H,4,7,15H2,1-3H3. The normalized spacial score (nSPS) is 12.4. The molecule has 0 aliphatic carbocycles. The van der Waals surface area contributed by atoms with Crippen LogP contribution in [0.5, 0.6) is 0 Å². The van der Waals surface area contributed by atoms with Crippen LogP contribution in [0.1, 0.15) is 20.8 Å². The molecule has 0 heterocycles. The molecule has 0 aliphatic rings. The minimum atomic E-state index is -3.54. The Hall–Kier alpha value is -0.110. The third-order valence-electron chi connectivity index (χ3n) is 2.54. The van der Waals surface area contributed by atoms with Crippen molar-refractivity contribution < 1.29 is 8.42 Å². The second-order valence-electron chi connectivity index (χ2n) is 4.66. The SMILES string of the molecule is CCN(CC(C)C)S(=O)(=O)c1c(Br)cc(N)cc1Br. The van der Waals surface area contributed by atoms with Crippen molar-refractivity contribution in [3.63, 3.8) is 0 Å². The summed E-state index contributed by atoms with van der Waals surface area (Å²) in [5.41, 5.74) is 6.20. The van der Waals surface area contributed by atoms with E-state index in [1.807, 2.05) is 20.8 Å². The first-order valence-electron chi connectivity index (χ1n) is 5.94. The molecule has 0 aromatic heterocycles. The number of nitrogens with zero attached hydrogens (tertiary/aromatic N) is 1. The molecule has 2 N–H and O–H groups in total. The van der Waals surface area contributed by atoms with E-state index >= 15 is 0 Å². The molecule has 1 aromatic rings. The van der Waals surface area contributed by atoms with E-state index < -0.39 is 10.0 Å². The van der Waals surface area contributed by atoms with E-state index in [1.54, 1.807) is 12.1 Å². The van der Waals surface area contributed by atoms with E-state index in [9.17, 15) is 8.42 Å². The molecule has 0 aliphatic heterocycles. The first-order valence-corrected chi connectivity index (χ1v) is 8.97. The molecule has 1 aromatic carbocycles. The first kappa shape index (κ1) is 16.9. The zero-order chi connectivity index (χ0) is 14.8. The monoisotopic (exact) mass is 412 g/mol. The molecule has 7 heteroatoms. The number of nitrogens with two attached hydrogens (primary N) is 1. The molecule has 0 atom stereocenters. The van der Waals surface area contributed by atoms with Crippen LogP contribution in [0, 0.1) is 5.92 Å². The third kappa shape index (κ3) is 3.93. The Bertz CT molecular complexity index is 536. The number of hydrogen-bond acceptors (Lipinski definition) is 3.